The Morgan fingerprint density at radius 3 is 2.80 bits per heavy atom. The fourth-order valence-corrected chi connectivity index (χ4v) is 4.15. The molecule has 0 radical (unpaired) electrons. The molecule has 0 amide bonds. The third kappa shape index (κ3) is 3.43. The van der Waals surface area contributed by atoms with E-state index in [1.54, 1.807) is 0 Å². The third-order valence-corrected chi connectivity index (χ3v) is 5.75. The summed E-state index contributed by atoms with van der Waals surface area (Å²) in [5.74, 6) is 3.32. The van der Waals surface area contributed by atoms with Crippen molar-refractivity contribution < 1.29 is 4.42 Å². The van der Waals surface area contributed by atoms with Gasteiger partial charge < -0.3 is 9.40 Å². The van der Waals surface area contributed by atoms with E-state index in [1.165, 1.54) is 24.8 Å². The third-order valence-electron chi connectivity index (χ3n) is 5.75. The maximum atomic E-state index is 12.6. The quantitative estimate of drug-likeness (QED) is 0.927. The van der Waals surface area contributed by atoms with Crippen molar-refractivity contribution in [2.45, 2.75) is 71.4 Å². The van der Waals surface area contributed by atoms with Crippen LogP contribution in [0.5, 0.6) is 0 Å². The number of aromatic nitrogens is 2. The molecule has 0 bridgehead atoms. The summed E-state index contributed by atoms with van der Waals surface area (Å²) in [5.41, 5.74) is 3.09. The predicted octanol–water partition coefficient (Wildman–Crippen LogP) is 3.59. The lowest BCUT2D eigenvalue weighted by molar-refractivity contribution is 0.220. The lowest BCUT2D eigenvalue weighted by atomic mass is 9.88. The molecule has 2 aromatic heterocycles. The molecule has 3 heterocycles. The second kappa shape index (κ2) is 6.79. The van der Waals surface area contributed by atoms with Gasteiger partial charge in [-0.15, -0.1) is 0 Å². The number of furan rings is 1. The van der Waals surface area contributed by atoms with Gasteiger partial charge in [-0.25, -0.2) is 4.98 Å². The zero-order valence-electron chi connectivity index (χ0n) is 15.2. The molecule has 1 aliphatic carbocycles. The molecular weight excluding hydrogens is 314 g/mol. The van der Waals surface area contributed by atoms with Gasteiger partial charge in [-0.3, -0.25) is 9.69 Å². The Labute approximate surface area is 148 Å². The molecule has 1 saturated carbocycles. The van der Waals surface area contributed by atoms with Gasteiger partial charge >= 0.3 is 0 Å². The number of hydrogen-bond acceptors (Lipinski definition) is 4. The van der Waals surface area contributed by atoms with Gasteiger partial charge in [-0.1, -0.05) is 19.3 Å². The molecule has 0 spiro atoms. The van der Waals surface area contributed by atoms with Crippen molar-refractivity contribution in [3.63, 3.8) is 0 Å². The SMILES string of the molecule is Cc1cc(CN2CCc3nc(C4CCCCC4)[nH]c(=O)c3C2)oc1C. The fraction of sp³-hybridized carbons (Fsp3) is 0.600. The predicted molar refractivity (Wildman–Crippen MR) is 96.7 cm³/mol. The molecule has 0 saturated heterocycles. The first-order valence-electron chi connectivity index (χ1n) is 9.50. The van der Waals surface area contributed by atoms with Crippen LogP contribution in [0, 0.1) is 13.8 Å². The van der Waals surface area contributed by atoms with Gasteiger partial charge in [0.25, 0.3) is 5.56 Å². The molecule has 0 atom stereocenters. The molecule has 0 aromatic carbocycles. The number of hydrogen-bond donors (Lipinski definition) is 1. The Morgan fingerprint density at radius 2 is 2.08 bits per heavy atom. The first-order valence-corrected chi connectivity index (χ1v) is 9.50. The summed E-state index contributed by atoms with van der Waals surface area (Å²) in [6.45, 7) is 6.38. The normalized spacial score (nSPS) is 19.1. The smallest absolute Gasteiger partial charge is 0.255 e. The molecule has 1 aliphatic heterocycles. The number of aromatic amines is 1. The van der Waals surface area contributed by atoms with E-state index in [0.29, 0.717) is 12.5 Å². The summed E-state index contributed by atoms with van der Waals surface area (Å²) in [7, 11) is 0. The molecular formula is C20H27N3O2. The van der Waals surface area contributed by atoms with Crippen LogP contribution in [0.25, 0.3) is 0 Å². The number of fused-ring (bicyclic) bond motifs is 1. The molecule has 2 aliphatic rings. The molecule has 4 rings (SSSR count). The van der Waals surface area contributed by atoms with Crippen molar-refractivity contribution >= 4 is 0 Å². The lowest BCUT2D eigenvalue weighted by Crippen LogP contribution is -2.36. The first-order chi connectivity index (χ1) is 12.1. The molecule has 2 aromatic rings. The monoisotopic (exact) mass is 341 g/mol. The maximum Gasteiger partial charge on any atom is 0.255 e. The number of nitrogens with one attached hydrogen (secondary N) is 1. The van der Waals surface area contributed by atoms with Crippen LogP contribution in [0.3, 0.4) is 0 Å². The van der Waals surface area contributed by atoms with Crippen LogP contribution in [-0.2, 0) is 19.5 Å². The average molecular weight is 341 g/mol. The largest absolute Gasteiger partial charge is 0.465 e. The number of nitrogens with zero attached hydrogens (tertiary/aromatic N) is 2. The lowest BCUT2D eigenvalue weighted by Gasteiger charge is -2.28. The first kappa shape index (κ1) is 16.6. The Hall–Kier alpha value is -1.88. The van der Waals surface area contributed by atoms with Gasteiger partial charge in [0.05, 0.1) is 17.8 Å². The topological polar surface area (TPSA) is 62.1 Å². The van der Waals surface area contributed by atoms with Gasteiger partial charge in [0.15, 0.2) is 0 Å². The molecule has 134 valence electrons. The van der Waals surface area contributed by atoms with Crippen LogP contribution in [0.1, 0.15) is 72.2 Å². The van der Waals surface area contributed by atoms with Crippen molar-refractivity contribution in [3.8, 4) is 0 Å². The molecule has 0 unspecified atom stereocenters. The molecule has 25 heavy (non-hydrogen) atoms. The minimum atomic E-state index is 0.0575. The van der Waals surface area contributed by atoms with Gasteiger partial charge in [0.2, 0.25) is 0 Å². The van der Waals surface area contributed by atoms with Crippen LogP contribution in [0.4, 0.5) is 0 Å². The summed E-state index contributed by atoms with van der Waals surface area (Å²) in [4.78, 5) is 22.9. The van der Waals surface area contributed by atoms with Crippen molar-refractivity contribution in [2.24, 2.45) is 0 Å². The van der Waals surface area contributed by atoms with Crippen LogP contribution in [0.15, 0.2) is 15.3 Å². The van der Waals surface area contributed by atoms with Crippen molar-refractivity contribution in [1.82, 2.24) is 14.9 Å². The van der Waals surface area contributed by atoms with Gasteiger partial charge in [0.1, 0.15) is 17.3 Å². The van der Waals surface area contributed by atoms with Crippen molar-refractivity contribution in [3.05, 3.63) is 50.6 Å². The van der Waals surface area contributed by atoms with Crippen LogP contribution < -0.4 is 5.56 Å². The highest BCUT2D eigenvalue weighted by atomic mass is 16.3. The standard InChI is InChI=1S/C20H27N3O2/c1-13-10-16(25-14(13)2)11-23-9-8-18-17(12-23)20(24)22-19(21-18)15-6-4-3-5-7-15/h10,15H,3-9,11-12H2,1-2H3,(H,21,22,24). The molecule has 1 fully saturated rings. The van der Waals surface area contributed by atoms with E-state index in [1.807, 2.05) is 6.92 Å². The van der Waals surface area contributed by atoms with Crippen LogP contribution >= 0.6 is 0 Å². The highest BCUT2D eigenvalue weighted by molar-refractivity contribution is 5.23. The van der Waals surface area contributed by atoms with E-state index in [9.17, 15) is 4.79 Å². The van der Waals surface area contributed by atoms with Gasteiger partial charge in [-0.2, -0.15) is 0 Å². The highest BCUT2D eigenvalue weighted by Crippen LogP contribution is 2.31. The Kier molecular flexibility index (Phi) is 4.50. The van der Waals surface area contributed by atoms with Crippen molar-refractivity contribution in [1.29, 1.82) is 0 Å². The van der Waals surface area contributed by atoms with Gasteiger partial charge in [0, 0.05) is 25.4 Å². The summed E-state index contributed by atoms with van der Waals surface area (Å²) in [5, 5.41) is 0. The van der Waals surface area contributed by atoms with E-state index in [4.69, 9.17) is 9.40 Å². The van der Waals surface area contributed by atoms with E-state index in [0.717, 1.165) is 61.0 Å². The van der Waals surface area contributed by atoms with E-state index < -0.39 is 0 Å². The van der Waals surface area contributed by atoms with Crippen molar-refractivity contribution in [2.75, 3.05) is 6.54 Å². The highest BCUT2D eigenvalue weighted by Gasteiger charge is 2.25. The Bertz CT molecular complexity index is 795. The zero-order valence-corrected chi connectivity index (χ0v) is 15.2. The average Bonchev–Trinajstić information content (AvgIpc) is 2.93. The van der Waals surface area contributed by atoms with E-state index in [2.05, 4.69) is 22.9 Å². The maximum absolute atomic E-state index is 12.6. The minimum Gasteiger partial charge on any atom is -0.465 e. The zero-order chi connectivity index (χ0) is 17.4. The fourth-order valence-electron chi connectivity index (χ4n) is 4.15. The number of aryl methyl sites for hydroxylation is 2. The Balaban J connectivity index is 1.52. The Morgan fingerprint density at radius 1 is 1.28 bits per heavy atom. The molecule has 5 heteroatoms. The van der Waals surface area contributed by atoms with Crippen LogP contribution in [0.2, 0.25) is 0 Å². The van der Waals surface area contributed by atoms with Crippen LogP contribution in [-0.4, -0.2) is 21.4 Å². The second-order valence-electron chi connectivity index (χ2n) is 7.62. The summed E-state index contributed by atoms with van der Waals surface area (Å²) < 4.78 is 5.79. The van der Waals surface area contributed by atoms with Gasteiger partial charge in [-0.05, 0) is 38.3 Å². The van der Waals surface area contributed by atoms with E-state index >= 15 is 0 Å². The minimum absolute atomic E-state index is 0.0575. The molecule has 1 N–H and O–H groups in total. The summed E-state index contributed by atoms with van der Waals surface area (Å²) in [6.07, 6.45) is 6.97. The molecule has 5 nitrogen and oxygen atoms in total. The second-order valence-corrected chi connectivity index (χ2v) is 7.62. The summed E-state index contributed by atoms with van der Waals surface area (Å²) >= 11 is 0. The number of H-pyrrole nitrogens is 1. The summed E-state index contributed by atoms with van der Waals surface area (Å²) in [6, 6.07) is 2.10. The number of rotatable bonds is 3. The van der Waals surface area contributed by atoms with E-state index in [-0.39, 0.29) is 5.56 Å².